The number of hydrogen-bond donors (Lipinski definition) is 1. The Morgan fingerprint density at radius 2 is 2.15 bits per heavy atom. The van der Waals surface area contributed by atoms with Crippen LogP contribution in [0.25, 0.3) is 10.9 Å². The molecule has 0 saturated carbocycles. The molecule has 2 heterocycles. The van der Waals surface area contributed by atoms with Crippen molar-refractivity contribution in [3.8, 4) is 0 Å². The van der Waals surface area contributed by atoms with E-state index in [2.05, 4.69) is 40.8 Å². The molecule has 1 N–H and O–H groups in total. The lowest BCUT2D eigenvalue weighted by Crippen LogP contribution is -2.22. The van der Waals surface area contributed by atoms with E-state index in [0.29, 0.717) is 0 Å². The van der Waals surface area contributed by atoms with E-state index in [4.69, 9.17) is 4.98 Å². The molecule has 1 aromatic carbocycles. The van der Waals surface area contributed by atoms with Gasteiger partial charge in [-0.25, -0.2) is 9.97 Å². The summed E-state index contributed by atoms with van der Waals surface area (Å²) in [6.07, 6.45) is 5.60. The predicted octanol–water partition coefficient (Wildman–Crippen LogP) is 3.24. The molecule has 102 valence electrons. The molecule has 0 amide bonds. The molecular weight excluding hydrogens is 248 g/mol. The van der Waals surface area contributed by atoms with Crippen LogP contribution in [0.2, 0.25) is 0 Å². The Morgan fingerprint density at radius 1 is 1.30 bits per heavy atom. The van der Waals surface area contributed by atoms with Crippen LogP contribution in [0.5, 0.6) is 0 Å². The molecule has 0 fully saturated rings. The first kappa shape index (κ1) is 12.7. The van der Waals surface area contributed by atoms with Gasteiger partial charge in [0, 0.05) is 30.4 Å². The summed E-state index contributed by atoms with van der Waals surface area (Å²) in [6.45, 7) is 5.11. The van der Waals surface area contributed by atoms with Crippen molar-refractivity contribution in [2.45, 2.75) is 26.4 Å². The first-order valence-electron chi connectivity index (χ1n) is 6.81. The highest BCUT2D eigenvalue weighted by Crippen LogP contribution is 2.20. The smallest absolute Gasteiger partial charge is 0.129 e. The minimum absolute atomic E-state index is 0.288. The van der Waals surface area contributed by atoms with Gasteiger partial charge in [0.25, 0.3) is 0 Å². The molecule has 3 aromatic rings. The van der Waals surface area contributed by atoms with Gasteiger partial charge >= 0.3 is 0 Å². The van der Waals surface area contributed by atoms with Crippen LogP contribution in [0.3, 0.4) is 0 Å². The summed E-state index contributed by atoms with van der Waals surface area (Å²) in [5.41, 5.74) is 2.19. The van der Waals surface area contributed by atoms with Crippen LogP contribution < -0.4 is 5.32 Å². The SMILES string of the molecule is Cc1cc2ccccc2nc1NC(C)Cn1ccnc1. The van der Waals surface area contributed by atoms with E-state index >= 15 is 0 Å². The van der Waals surface area contributed by atoms with Gasteiger partial charge in [0.1, 0.15) is 5.82 Å². The number of rotatable bonds is 4. The molecule has 3 rings (SSSR count). The first-order chi connectivity index (χ1) is 9.72. The Balaban J connectivity index is 1.81. The number of anilines is 1. The fourth-order valence-corrected chi connectivity index (χ4v) is 2.36. The van der Waals surface area contributed by atoms with Gasteiger partial charge in [-0.1, -0.05) is 18.2 Å². The molecule has 20 heavy (non-hydrogen) atoms. The lowest BCUT2D eigenvalue weighted by molar-refractivity contribution is 0.617. The minimum atomic E-state index is 0.288. The maximum atomic E-state index is 4.71. The van der Waals surface area contributed by atoms with E-state index in [-0.39, 0.29) is 6.04 Å². The zero-order valence-corrected chi connectivity index (χ0v) is 11.7. The molecule has 0 aliphatic heterocycles. The topological polar surface area (TPSA) is 42.7 Å². The predicted molar refractivity (Wildman–Crippen MR) is 81.8 cm³/mol. The second kappa shape index (κ2) is 5.33. The van der Waals surface area contributed by atoms with Gasteiger partial charge in [0.2, 0.25) is 0 Å². The molecular formula is C16H18N4. The maximum absolute atomic E-state index is 4.71. The molecule has 4 heteroatoms. The zero-order chi connectivity index (χ0) is 13.9. The second-order valence-corrected chi connectivity index (χ2v) is 5.15. The van der Waals surface area contributed by atoms with Gasteiger partial charge in [-0.15, -0.1) is 0 Å². The lowest BCUT2D eigenvalue weighted by Gasteiger charge is -2.17. The van der Waals surface area contributed by atoms with Crippen molar-refractivity contribution in [3.05, 3.63) is 54.6 Å². The first-order valence-corrected chi connectivity index (χ1v) is 6.81. The Morgan fingerprint density at radius 3 is 2.95 bits per heavy atom. The van der Waals surface area contributed by atoms with Crippen LogP contribution in [-0.2, 0) is 6.54 Å². The van der Waals surface area contributed by atoms with Gasteiger partial charge < -0.3 is 9.88 Å². The van der Waals surface area contributed by atoms with Crippen LogP contribution >= 0.6 is 0 Å². The van der Waals surface area contributed by atoms with Crippen molar-refractivity contribution >= 4 is 16.7 Å². The monoisotopic (exact) mass is 266 g/mol. The fourth-order valence-electron chi connectivity index (χ4n) is 2.36. The lowest BCUT2D eigenvalue weighted by atomic mass is 10.1. The third kappa shape index (κ3) is 2.64. The Labute approximate surface area is 118 Å². The summed E-state index contributed by atoms with van der Waals surface area (Å²) in [5.74, 6) is 0.955. The number of fused-ring (bicyclic) bond motifs is 1. The summed E-state index contributed by atoms with van der Waals surface area (Å²) < 4.78 is 2.06. The zero-order valence-electron chi connectivity index (χ0n) is 11.7. The molecule has 0 saturated heterocycles. The Hall–Kier alpha value is -2.36. The number of benzene rings is 1. The number of para-hydroxylation sites is 1. The minimum Gasteiger partial charge on any atom is -0.366 e. The van der Waals surface area contributed by atoms with E-state index in [9.17, 15) is 0 Å². The average molecular weight is 266 g/mol. The molecule has 0 bridgehead atoms. The van der Waals surface area contributed by atoms with Gasteiger partial charge in [-0.3, -0.25) is 0 Å². The van der Waals surface area contributed by atoms with Gasteiger partial charge in [0.05, 0.1) is 11.8 Å². The Bertz CT molecular complexity index is 704. The highest BCUT2D eigenvalue weighted by molar-refractivity contribution is 5.81. The third-order valence-corrected chi connectivity index (χ3v) is 3.34. The number of aryl methyl sites for hydroxylation is 1. The highest BCUT2D eigenvalue weighted by Gasteiger charge is 2.07. The summed E-state index contributed by atoms with van der Waals surface area (Å²) in [4.78, 5) is 8.77. The second-order valence-electron chi connectivity index (χ2n) is 5.15. The van der Waals surface area contributed by atoms with Crippen molar-refractivity contribution < 1.29 is 0 Å². The van der Waals surface area contributed by atoms with Crippen LogP contribution in [-0.4, -0.2) is 20.6 Å². The quantitative estimate of drug-likeness (QED) is 0.788. The van der Waals surface area contributed by atoms with Crippen LogP contribution in [0.15, 0.2) is 49.1 Å². The number of aromatic nitrogens is 3. The van der Waals surface area contributed by atoms with Gasteiger partial charge in [0.15, 0.2) is 0 Å². The summed E-state index contributed by atoms with van der Waals surface area (Å²) in [5, 5.41) is 4.66. The third-order valence-electron chi connectivity index (χ3n) is 3.34. The van der Waals surface area contributed by atoms with Crippen molar-refractivity contribution in [1.29, 1.82) is 0 Å². The summed E-state index contributed by atoms with van der Waals surface area (Å²) in [6, 6.07) is 10.7. The van der Waals surface area contributed by atoms with Crippen molar-refractivity contribution in [1.82, 2.24) is 14.5 Å². The van der Waals surface area contributed by atoms with E-state index < -0.39 is 0 Å². The van der Waals surface area contributed by atoms with Crippen LogP contribution in [0, 0.1) is 6.92 Å². The Kier molecular flexibility index (Phi) is 3.37. The van der Waals surface area contributed by atoms with E-state index in [1.807, 2.05) is 30.7 Å². The molecule has 0 radical (unpaired) electrons. The van der Waals surface area contributed by atoms with Crippen molar-refractivity contribution in [2.24, 2.45) is 0 Å². The van der Waals surface area contributed by atoms with Gasteiger partial charge in [-0.2, -0.15) is 0 Å². The number of imidazole rings is 1. The molecule has 0 spiro atoms. The summed E-state index contributed by atoms with van der Waals surface area (Å²) >= 11 is 0. The van der Waals surface area contributed by atoms with E-state index in [1.54, 1.807) is 6.20 Å². The summed E-state index contributed by atoms with van der Waals surface area (Å²) in [7, 11) is 0. The number of nitrogens with one attached hydrogen (secondary N) is 1. The van der Waals surface area contributed by atoms with Crippen LogP contribution in [0.4, 0.5) is 5.82 Å². The standard InChI is InChI=1S/C16H18N4/c1-12-9-14-5-3-4-6-15(14)19-16(12)18-13(2)10-20-8-7-17-11-20/h3-9,11,13H,10H2,1-2H3,(H,18,19). The largest absolute Gasteiger partial charge is 0.366 e. The fraction of sp³-hybridized carbons (Fsp3) is 0.250. The maximum Gasteiger partial charge on any atom is 0.129 e. The number of nitrogens with zero attached hydrogens (tertiary/aromatic N) is 3. The molecule has 4 nitrogen and oxygen atoms in total. The number of pyridine rings is 1. The van der Waals surface area contributed by atoms with E-state index in [0.717, 1.165) is 17.9 Å². The highest BCUT2D eigenvalue weighted by atomic mass is 15.1. The van der Waals surface area contributed by atoms with Gasteiger partial charge in [-0.05, 0) is 31.5 Å². The molecule has 0 aliphatic rings. The van der Waals surface area contributed by atoms with Crippen molar-refractivity contribution in [2.75, 3.05) is 5.32 Å². The molecule has 1 atom stereocenters. The molecule has 2 aromatic heterocycles. The average Bonchev–Trinajstić information content (AvgIpc) is 2.92. The normalized spacial score (nSPS) is 12.5. The van der Waals surface area contributed by atoms with Crippen LogP contribution in [0.1, 0.15) is 12.5 Å². The number of hydrogen-bond acceptors (Lipinski definition) is 3. The van der Waals surface area contributed by atoms with Crippen molar-refractivity contribution in [3.63, 3.8) is 0 Å². The molecule has 0 aliphatic carbocycles. The molecule has 1 unspecified atom stereocenters. The van der Waals surface area contributed by atoms with E-state index in [1.165, 1.54) is 10.9 Å².